The van der Waals surface area contributed by atoms with Crippen molar-refractivity contribution in [3.05, 3.63) is 12.3 Å². The van der Waals surface area contributed by atoms with E-state index in [4.69, 9.17) is 4.74 Å². The maximum atomic E-state index is 11.9. The van der Waals surface area contributed by atoms with E-state index in [0.29, 0.717) is 13.2 Å². The van der Waals surface area contributed by atoms with Gasteiger partial charge in [-0.2, -0.15) is 5.10 Å². The molecule has 0 aliphatic carbocycles. The Kier molecular flexibility index (Phi) is 3.88. The van der Waals surface area contributed by atoms with Crippen LogP contribution in [0.2, 0.25) is 0 Å². The number of aromatic amines is 1. The summed E-state index contributed by atoms with van der Waals surface area (Å²) in [4.78, 5) is 11.4. The number of nitrogens with one attached hydrogen (secondary N) is 2. The van der Waals surface area contributed by atoms with Crippen molar-refractivity contribution in [3.63, 3.8) is 0 Å². The Morgan fingerprint density at radius 1 is 1.53 bits per heavy atom. The molecule has 2 rings (SSSR count). The number of H-pyrrole nitrogens is 1. The molecule has 1 aromatic rings. The predicted octanol–water partition coefficient (Wildman–Crippen LogP) is -0.431. The molecule has 3 N–H and O–H groups in total. The average molecular weight is 289 g/mol. The zero-order chi connectivity index (χ0) is 13.9. The van der Waals surface area contributed by atoms with Gasteiger partial charge in [-0.1, -0.05) is 0 Å². The number of hydrogen-bond donors (Lipinski definition) is 3. The zero-order valence-corrected chi connectivity index (χ0v) is 10.9. The molecule has 8 nitrogen and oxygen atoms in total. The molecule has 0 unspecified atom stereocenters. The summed E-state index contributed by atoms with van der Waals surface area (Å²) in [6.45, 7) is 0.475. The molecule has 0 saturated carbocycles. The van der Waals surface area contributed by atoms with Gasteiger partial charge in [-0.05, 0) is 18.9 Å². The molecule has 9 heteroatoms. The molecule has 0 spiro atoms. The number of aliphatic carboxylic acids is 1. The van der Waals surface area contributed by atoms with Crippen LogP contribution in [-0.2, 0) is 19.6 Å². The summed E-state index contributed by atoms with van der Waals surface area (Å²) in [5.74, 6) is -1.01. The summed E-state index contributed by atoms with van der Waals surface area (Å²) in [6.07, 6.45) is 1.89. The lowest BCUT2D eigenvalue weighted by Gasteiger charge is -2.32. The van der Waals surface area contributed by atoms with Crippen LogP contribution in [0.1, 0.15) is 12.8 Å². The molecule has 0 atom stereocenters. The number of carbonyl (C=O) groups is 1. The largest absolute Gasteiger partial charge is 0.481 e. The Bertz CT molecular complexity index is 534. The predicted molar refractivity (Wildman–Crippen MR) is 63.9 cm³/mol. The van der Waals surface area contributed by atoms with E-state index in [-0.39, 0.29) is 24.4 Å². The molecule has 0 radical (unpaired) electrons. The number of carboxylic acids is 1. The maximum absolute atomic E-state index is 11.9. The Balaban J connectivity index is 2.09. The van der Waals surface area contributed by atoms with Gasteiger partial charge in [-0.3, -0.25) is 9.89 Å². The standard InChI is InChI=1S/C10H15N3O5S/c14-9(15)10(2-5-18-6-3-10)7-12-19(16,17)8-1-4-11-13-8/h1,4,12H,2-3,5-7H2,(H,11,13)(H,14,15). The fourth-order valence-electron chi connectivity index (χ4n) is 1.93. The van der Waals surface area contributed by atoms with Crippen LogP contribution in [0.25, 0.3) is 0 Å². The summed E-state index contributed by atoms with van der Waals surface area (Å²) < 4.78 is 31.2. The third-order valence-corrected chi connectivity index (χ3v) is 4.60. The highest BCUT2D eigenvalue weighted by molar-refractivity contribution is 7.89. The zero-order valence-electron chi connectivity index (χ0n) is 10.1. The lowest BCUT2D eigenvalue weighted by atomic mass is 9.80. The van der Waals surface area contributed by atoms with Crippen molar-refractivity contribution >= 4 is 16.0 Å². The van der Waals surface area contributed by atoms with Crippen molar-refractivity contribution in [1.29, 1.82) is 0 Å². The van der Waals surface area contributed by atoms with Crippen molar-refractivity contribution < 1.29 is 23.1 Å². The van der Waals surface area contributed by atoms with Crippen LogP contribution < -0.4 is 4.72 Å². The van der Waals surface area contributed by atoms with Crippen LogP contribution in [0.5, 0.6) is 0 Å². The highest BCUT2D eigenvalue weighted by Crippen LogP contribution is 2.30. The van der Waals surface area contributed by atoms with Crippen LogP contribution in [-0.4, -0.2) is 49.4 Å². The molecule has 2 heterocycles. The molecule has 106 valence electrons. The smallest absolute Gasteiger partial charge is 0.311 e. The number of ether oxygens (including phenoxy) is 1. The molecule has 1 aliphatic rings. The first-order valence-electron chi connectivity index (χ1n) is 5.76. The van der Waals surface area contributed by atoms with Gasteiger partial charge in [0.15, 0.2) is 5.03 Å². The fraction of sp³-hybridized carbons (Fsp3) is 0.600. The SMILES string of the molecule is O=C(O)C1(CNS(=O)(=O)c2ccn[nH]2)CCOCC1. The van der Waals surface area contributed by atoms with Gasteiger partial charge in [0.1, 0.15) is 0 Å². The molecule has 1 aliphatic heterocycles. The number of sulfonamides is 1. The second-order valence-electron chi connectivity index (χ2n) is 4.44. The summed E-state index contributed by atoms with van der Waals surface area (Å²) in [5, 5.41) is 15.1. The highest BCUT2D eigenvalue weighted by atomic mass is 32.2. The second kappa shape index (κ2) is 5.27. The van der Waals surface area contributed by atoms with Gasteiger partial charge in [-0.25, -0.2) is 13.1 Å². The number of carboxylic acid groups (broad SMARTS) is 1. The van der Waals surface area contributed by atoms with E-state index < -0.39 is 21.4 Å². The molecule has 0 aromatic carbocycles. The first-order chi connectivity index (χ1) is 8.96. The molecule has 1 saturated heterocycles. The van der Waals surface area contributed by atoms with Crippen molar-refractivity contribution in [3.8, 4) is 0 Å². The Morgan fingerprint density at radius 2 is 2.21 bits per heavy atom. The van der Waals surface area contributed by atoms with Gasteiger partial charge in [-0.15, -0.1) is 0 Å². The van der Waals surface area contributed by atoms with Gasteiger partial charge in [0.2, 0.25) is 0 Å². The summed E-state index contributed by atoms with van der Waals surface area (Å²) in [5.41, 5.74) is -1.11. The van der Waals surface area contributed by atoms with E-state index in [9.17, 15) is 18.3 Å². The van der Waals surface area contributed by atoms with E-state index >= 15 is 0 Å². The number of nitrogens with zero attached hydrogens (tertiary/aromatic N) is 1. The van der Waals surface area contributed by atoms with E-state index in [1.54, 1.807) is 0 Å². The topological polar surface area (TPSA) is 121 Å². The van der Waals surface area contributed by atoms with Gasteiger partial charge in [0.25, 0.3) is 10.0 Å². The van der Waals surface area contributed by atoms with Gasteiger partial charge < -0.3 is 9.84 Å². The van der Waals surface area contributed by atoms with Crippen molar-refractivity contribution in [2.45, 2.75) is 17.9 Å². The molecule has 1 aromatic heterocycles. The Hall–Kier alpha value is -1.45. The molecule has 0 amide bonds. The van der Waals surface area contributed by atoms with Crippen molar-refractivity contribution in [2.75, 3.05) is 19.8 Å². The fourth-order valence-corrected chi connectivity index (χ4v) is 2.97. The van der Waals surface area contributed by atoms with E-state index in [1.165, 1.54) is 12.3 Å². The van der Waals surface area contributed by atoms with Gasteiger partial charge >= 0.3 is 5.97 Å². The monoisotopic (exact) mass is 289 g/mol. The lowest BCUT2D eigenvalue weighted by molar-refractivity contribution is -0.154. The van der Waals surface area contributed by atoms with Gasteiger partial charge in [0.05, 0.1) is 11.6 Å². The second-order valence-corrected chi connectivity index (χ2v) is 6.18. The highest BCUT2D eigenvalue weighted by Gasteiger charge is 2.41. The summed E-state index contributed by atoms with van der Waals surface area (Å²) >= 11 is 0. The van der Waals surface area contributed by atoms with Crippen molar-refractivity contribution in [2.24, 2.45) is 5.41 Å². The number of aromatic nitrogens is 2. The van der Waals surface area contributed by atoms with E-state index in [1.807, 2.05) is 0 Å². The number of hydrogen-bond acceptors (Lipinski definition) is 5. The maximum Gasteiger partial charge on any atom is 0.311 e. The van der Waals surface area contributed by atoms with Gasteiger partial charge in [0, 0.05) is 19.8 Å². The first-order valence-corrected chi connectivity index (χ1v) is 7.25. The molecule has 19 heavy (non-hydrogen) atoms. The molecule has 0 bridgehead atoms. The number of rotatable bonds is 5. The summed E-state index contributed by atoms with van der Waals surface area (Å²) in [6, 6.07) is 1.31. The van der Waals surface area contributed by atoms with E-state index in [0.717, 1.165) is 0 Å². The van der Waals surface area contributed by atoms with E-state index in [2.05, 4.69) is 14.9 Å². The third kappa shape index (κ3) is 2.94. The van der Waals surface area contributed by atoms with Crippen LogP contribution in [0, 0.1) is 5.41 Å². The summed E-state index contributed by atoms with van der Waals surface area (Å²) in [7, 11) is -3.76. The quantitative estimate of drug-likeness (QED) is 0.676. The van der Waals surface area contributed by atoms with Crippen LogP contribution in [0.4, 0.5) is 0 Å². The normalized spacial score (nSPS) is 19.2. The first kappa shape index (κ1) is 14.0. The van der Waals surface area contributed by atoms with Crippen LogP contribution >= 0.6 is 0 Å². The average Bonchev–Trinajstić information content (AvgIpc) is 2.92. The minimum atomic E-state index is -3.76. The molecular weight excluding hydrogens is 274 g/mol. The minimum Gasteiger partial charge on any atom is -0.481 e. The third-order valence-electron chi connectivity index (χ3n) is 3.27. The molecule has 1 fully saturated rings. The minimum absolute atomic E-state index is 0.0832. The van der Waals surface area contributed by atoms with Crippen molar-refractivity contribution in [1.82, 2.24) is 14.9 Å². The Labute approximate surface area is 110 Å². The van der Waals surface area contributed by atoms with Crippen LogP contribution in [0.15, 0.2) is 17.3 Å². The lowest BCUT2D eigenvalue weighted by Crippen LogP contribution is -2.46. The van der Waals surface area contributed by atoms with Crippen LogP contribution in [0.3, 0.4) is 0 Å². The molecular formula is C10H15N3O5S. The Morgan fingerprint density at radius 3 is 2.74 bits per heavy atom.